The number of carboxylic acids is 1. The summed E-state index contributed by atoms with van der Waals surface area (Å²) in [6, 6.07) is 14.1. The van der Waals surface area contributed by atoms with Gasteiger partial charge in [-0.3, -0.25) is 4.98 Å². The second kappa shape index (κ2) is 10.9. The van der Waals surface area contributed by atoms with Crippen LogP contribution in [-0.4, -0.2) is 71.1 Å². The molecule has 1 aliphatic carbocycles. The summed E-state index contributed by atoms with van der Waals surface area (Å²) in [5.41, 5.74) is 4.38. The van der Waals surface area contributed by atoms with Crippen molar-refractivity contribution >= 4 is 60.7 Å². The summed E-state index contributed by atoms with van der Waals surface area (Å²) in [7, 11) is 0. The molecule has 1 saturated carbocycles. The third-order valence-corrected chi connectivity index (χ3v) is 5.46. The Kier molecular flexibility index (Phi) is 8.42. The van der Waals surface area contributed by atoms with Gasteiger partial charge in [-0.1, -0.05) is 42.5 Å². The van der Waals surface area contributed by atoms with E-state index in [-0.39, 0.29) is 50.0 Å². The quantitative estimate of drug-likeness (QED) is 0.504. The van der Waals surface area contributed by atoms with Crippen LogP contribution < -0.4 is 5.11 Å². The number of halogens is 1. The van der Waals surface area contributed by atoms with Crippen LogP contribution in [0.4, 0.5) is 4.39 Å². The average molecular weight is 461 g/mol. The Morgan fingerprint density at radius 1 is 1.16 bits per heavy atom. The first-order valence-corrected chi connectivity index (χ1v) is 10.3. The molecule has 2 atom stereocenters. The predicted octanol–water partition coefficient (Wildman–Crippen LogP) is 2.80. The zero-order valence-corrected chi connectivity index (χ0v) is 19.8. The van der Waals surface area contributed by atoms with E-state index >= 15 is 0 Å². The SMILES string of the molecule is O=C([O-])CC(O)CC(O)C=Cc1c(C2CC2)nc2ccccc2c1-c1ccc(F)cc1.[Ca+2]. The molecule has 32 heavy (non-hydrogen) atoms. The standard InChI is InChI=1S/C25H24FNO4.Ca/c26-17-9-7-15(8-10-17)24-20-3-1-2-4-22(20)27-25(16-5-6-16)21(24)12-11-18(28)13-19(29)14-23(30)31;/h1-4,7-12,16,18-19,28-29H,5-6,13-14H2,(H,30,31);/q;+2/p-1. The van der Waals surface area contributed by atoms with Crippen LogP contribution in [0.1, 0.15) is 42.9 Å². The number of carbonyl (C=O) groups is 1. The molecule has 160 valence electrons. The molecule has 0 amide bonds. The molecule has 0 aliphatic heterocycles. The van der Waals surface area contributed by atoms with E-state index in [0.29, 0.717) is 5.92 Å². The van der Waals surface area contributed by atoms with Crippen molar-refractivity contribution in [1.29, 1.82) is 0 Å². The number of hydrogen-bond acceptors (Lipinski definition) is 5. The number of aliphatic carboxylic acids is 1. The first-order valence-electron chi connectivity index (χ1n) is 10.3. The Balaban J connectivity index is 0.00000289. The van der Waals surface area contributed by atoms with Gasteiger partial charge in [-0.2, -0.15) is 0 Å². The number of para-hydroxylation sites is 1. The second-order valence-corrected chi connectivity index (χ2v) is 7.98. The van der Waals surface area contributed by atoms with Crippen molar-refractivity contribution in [2.75, 3.05) is 0 Å². The summed E-state index contributed by atoms with van der Waals surface area (Å²) in [6.07, 6.45) is 2.51. The van der Waals surface area contributed by atoms with E-state index in [4.69, 9.17) is 4.98 Å². The van der Waals surface area contributed by atoms with Crippen molar-refractivity contribution in [3.05, 3.63) is 71.7 Å². The topological polar surface area (TPSA) is 93.5 Å². The smallest absolute Gasteiger partial charge is 0.550 e. The molecule has 4 rings (SSSR count). The number of rotatable bonds is 8. The van der Waals surface area contributed by atoms with Crippen molar-refractivity contribution in [2.24, 2.45) is 0 Å². The maximum Gasteiger partial charge on any atom is 2.00 e. The van der Waals surface area contributed by atoms with Gasteiger partial charge in [0.25, 0.3) is 0 Å². The van der Waals surface area contributed by atoms with Crippen LogP contribution in [0.5, 0.6) is 0 Å². The molecule has 2 aromatic carbocycles. The van der Waals surface area contributed by atoms with Crippen molar-refractivity contribution in [2.45, 2.75) is 43.8 Å². The number of fused-ring (bicyclic) bond motifs is 1. The molecule has 1 fully saturated rings. The molecule has 5 nitrogen and oxygen atoms in total. The first kappa shape index (κ1) is 24.8. The van der Waals surface area contributed by atoms with Crippen molar-refractivity contribution in [3.8, 4) is 11.1 Å². The Morgan fingerprint density at radius 3 is 2.50 bits per heavy atom. The van der Waals surface area contributed by atoms with Crippen molar-refractivity contribution in [3.63, 3.8) is 0 Å². The van der Waals surface area contributed by atoms with Crippen LogP contribution in [0.3, 0.4) is 0 Å². The number of nitrogens with zero attached hydrogens (tertiary/aromatic N) is 1. The van der Waals surface area contributed by atoms with Crippen LogP contribution in [0, 0.1) is 5.82 Å². The number of hydrogen-bond donors (Lipinski definition) is 2. The van der Waals surface area contributed by atoms with Gasteiger partial charge < -0.3 is 20.1 Å². The van der Waals surface area contributed by atoms with E-state index in [0.717, 1.165) is 46.1 Å². The average Bonchev–Trinajstić information content (AvgIpc) is 3.56. The molecule has 3 aromatic rings. The summed E-state index contributed by atoms with van der Waals surface area (Å²) in [6.45, 7) is 0. The van der Waals surface area contributed by atoms with Crippen LogP contribution >= 0.6 is 0 Å². The van der Waals surface area contributed by atoms with Crippen molar-refractivity contribution < 1.29 is 24.5 Å². The first-order chi connectivity index (χ1) is 14.9. The summed E-state index contributed by atoms with van der Waals surface area (Å²) in [5.74, 6) is -1.36. The summed E-state index contributed by atoms with van der Waals surface area (Å²) in [4.78, 5) is 15.5. The normalized spacial score (nSPS) is 15.5. The summed E-state index contributed by atoms with van der Waals surface area (Å²) >= 11 is 0. The van der Waals surface area contributed by atoms with Gasteiger partial charge in [0.05, 0.1) is 23.4 Å². The van der Waals surface area contributed by atoms with Crippen LogP contribution in [0.2, 0.25) is 0 Å². The maximum atomic E-state index is 13.6. The third-order valence-electron chi connectivity index (χ3n) is 5.46. The molecular weight excluding hydrogens is 437 g/mol. The van der Waals surface area contributed by atoms with Gasteiger partial charge >= 0.3 is 37.7 Å². The molecule has 1 aliphatic rings. The van der Waals surface area contributed by atoms with Crippen LogP contribution in [-0.2, 0) is 4.79 Å². The van der Waals surface area contributed by atoms with Crippen LogP contribution in [0.15, 0.2) is 54.6 Å². The minimum Gasteiger partial charge on any atom is -0.550 e. The Hall–Kier alpha value is -1.83. The Labute approximate surface area is 215 Å². The fourth-order valence-corrected chi connectivity index (χ4v) is 3.85. The largest absolute Gasteiger partial charge is 2.00 e. The zero-order chi connectivity index (χ0) is 22.0. The maximum absolute atomic E-state index is 13.6. The minimum atomic E-state index is -1.36. The van der Waals surface area contributed by atoms with Gasteiger partial charge in [-0.15, -0.1) is 0 Å². The Bertz CT molecular complexity index is 1130. The van der Waals surface area contributed by atoms with E-state index in [1.807, 2.05) is 24.3 Å². The minimum absolute atomic E-state index is 0. The fourth-order valence-electron chi connectivity index (χ4n) is 3.85. The van der Waals surface area contributed by atoms with E-state index in [9.17, 15) is 24.5 Å². The molecule has 0 spiro atoms. The number of pyridine rings is 1. The molecule has 2 unspecified atom stereocenters. The monoisotopic (exact) mass is 460 g/mol. The zero-order valence-electron chi connectivity index (χ0n) is 17.6. The molecule has 7 heteroatoms. The molecule has 0 saturated heterocycles. The van der Waals surface area contributed by atoms with E-state index in [2.05, 4.69) is 0 Å². The second-order valence-electron chi connectivity index (χ2n) is 7.98. The van der Waals surface area contributed by atoms with E-state index in [1.54, 1.807) is 24.3 Å². The van der Waals surface area contributed by atoms with Gasteiger partial charge in [0.15, 0.2) is 0 Å². The van der Waals surface area contributed by atoms with Gasteiger partial charge in [-0.05, 0) is 36.6 Å². The number of aliphatic hydroxyl groups excluding tert-OH is 2. The molecule has 0 radical (unpaired) electrons. The number of carbonyl (C=O) groups excluding carboxylic acids is 1. The number of aliphatic hydroxyl groups is 2. The van der Waals surface area contributed by atoms with Crippen LogP contribution in [0.25, 0.3) is 28.1 Å². The summed E-state index contributed by atoms with van der Waals surface area (Å²) < 4.78 is 13.6. The van der Waals surface area contributed by atoms with E-state index in [1.165, 1.54) is 12.1 Å². The fraction of sp³-hybridized carbons (Fsp3) is 0.280. The van der Waals surface area contributed by atoms with E-state index < -0.39 is 24.6 Å². The van der Waals surface area contributed by atoms with Gasteiger partial charge in [0.1, 0.15) is 5.82 Å². The number of benzene rings is 2. The summed E-state index contributed by atoms with van der Waals surface area (Å²) in [5, 5.41) is 31.7. The molecule has 0 bridgehead atoms. The third kappa shape index (κ3) is 5.94. The van der Waals surface area contributed by atoms with Gasteiger partial charge in [0.2, 0.25) is 0 Å². The Morgan fingerprint density at radius 2 is 1.84 bits per heavy atom. The molecule has 1 heterocycles. The van der Waals surface area contributed by atoms with Gasteiger partial charge in [0, 0.05) is 41.2 Å². The molecule has 2 N–H and O–H groups in total. The predicted molar refractivity (Wildman–Crippen MR) is 120 cm³/mol. The number of carboxylic acid groups (broad SMARTS) is 1. The van der Waals surface area contributed by atoms with Gasteiger partial charge in [-0.25, -0.2) is 4.39 Å². The van der Waals surface area contributed by atoms with Crippen molar-refractivity contribution in [1.82, 2.24) is 4.98 Å². The number of aromatic nitrogens is 1. The molecule has 1 aromatic heterocycles. The molecular formula is C25H23CaFNO4+.